The van der Waals surface area contributed by atoms with Gasteiger partial charge in [-0.05, 0) is 61.3 Å². The number of ether oxygens (including phenoxy) is 1. The van der Waals surface area contributed by atoms with Crippen LogP contribution in [0.2, 0.25) is 0 Å². The van der Waals surface area contributed by atoms with Gasteiger partial charge >= 0.3 is 0 Å². The molecule has 0 saturated heterocycles. The van der Waals surface area contributed by atoms with Gasteiger partial charge < -0.3 is 10.1 Å². The van der Waals surface area contributed by atoms with Crippen LogP contribution in [0.15, 0.2) is 29.4 Å². The Labute approximate surface area is 144 Å². The van der Waals surface area contributed by atoms with Crippen molar-refractivity contribution < 1.29 is 4.74 Å². The van der Waals surface area contributed by atoms with Crippen molar-refractivity contribution in [1.29, 1.82) is 0 Å². The quantitative estimate of drug-likeness (QED) is 0.343. The number of nitrogens with zero attached hydrogens (tertiary/aromatic N) is 1. The molecule has 2 rings (SSSR count). The molecule has 0 bridgehead atoms. The average Bonchev–Trinajstić information content (AvgIpc) is 2.57. The van der Waals surface area contributed by atoms with Crippen LogP contribution >= 0.6 is 12.2 Å². The first-order valence-corrected chi connectivity index (χ1v) is 9.01. The maximum Gasteiger partial charge on any atom is 0.187 e. The van der Waals surface area contributed by atoms with Crippen LogP contribution in [0, 0.1) is 0 Å². The van der Waals surface area contributed by atoms with Crippen molar-refractivity contribution in [2.45, 2.75) is 57.9 Å². The fraction of sp³-hybridized carbons (Fsp3) is 0.556. The van der Waals surface area contributed by atoms with Gasteiger partial charge in [0, 0.05) is 6.04 Å². The Bertz CT molecular complexity index is 495. The molecule has 5 heteroatoms. The molecular weight excluding hydrogens is 306 g/mol. The molecule has 1 saturated carbocycles. The zero-order valence-electron chi connectivity index (χ0n) is 13.9. The van der Waals surface area contributed by atoms with E-state index < -0.39 is 0 Å². The minimum atomic E-state index is 0.499. The summed E-state index contributed by atoms with van der Waals surface area (Å²) in [6.45, 7) is 2.93. The molecule has 4 nitrogen and oxygen atoms in total. The number of hydrogen-bond acceptors (Lipinski definition) is 3. The summed E-state index contributed by atoms with van der Waals surface area (Å²) in [7, 11) is 0. The highest BCUT2D eigenvalue weighted by Crippen LogP contribution is 2.17. The van der Waals surface area contributed by atoms with Crippen LogP contribution in [0.3, 0.4) is 0 Å². The Balaban J connectivity index is 1.70. The third kappa shape index (κ3) is 6.99. The minimum Gasteiger partial charge on any atom is -0.494 e. The molecule has 2 N–H and O–H groups in total. The fourth-order valence-corrected chi connectivity index (χ4v) is 2.83. The summed E-state index contributed by atoms with van der Waals surface area (Å²) in [5, 5.41) is 8.13. The van der Waals surface area contributed by atoms with Gasteiger partial charge in [-0.2, -0.15) is 5.10 Å². The van der Waals surface area contributed by atoms with E-state index in [1.54, 1.807) is 6.21 Å². The number of unbranched alkanes of at least 4 members (excludes halogenated alkanes) is 1. The zero-order valence-corrected chi connectivity index (χ0v) is 14.7. The van der Waals surface area contributed by atoms with Gasteiger partial charge in [0.2, 0.25) is 0 Å². The number of hydrogen-bond donors (Lipinski definition) is 2. The van der Waals surface area contributed by atoms with Crippen LogP contribution in [-0.4, -0.2) is 24.0 Å². The van der Waals surface area contributed by atoms with Gasteiger partial charge in [0.25, 0.3) is 0 Å². The van der Waals surface area contributed by atoms with Crippen LogP contribution in [0.25, 0.3) is 0 Å². The van der Waals surface area contributed by atoms with E-state index in [9.17, 15) is 0 Å². The summed E-state index contributed by atoms with van der Waals surface area (Å²) in [4.78, 5) is 0. The summed E-state index contributed by atoms with van der Waals surface area (Å²) >= 11 is 5.27. The van der Waals surface area contributed by atoms with Crippen molar-refractivity contribution in [1.82, 2.24) is 10.7 Å². The molecule has 23 heavy (non-hydrogen) atoms. The summed E-state index contributed by atoms with van der Waals surface area (Å²) in [6, 6.07) is 8.41. The first kappa shape index (κ1) is 17.7. The van der Waals surface area contributed by atoms with Crippen LogP contribution in [0.4, 0.5) is 0 Å². The predicted molar refractivity (Wildman–Crippen MR) is 100 cm³/mol. The van der Waals surface area contributed by atoms with Crippen molar-refractivity contribution in [3.8, 4) is 5.75 Å². The van der Waals surface area contributed by atoms with Crippen molar-refractivity contribution >= 4 is 23.5 Å². The summed E-state index contributed by atoms with van der Waals surface area (Å²) in [5.74, 6) is 0.901. The molecule has 0 spiro atoms. The second-order valence-electron chi connectivity index (χ2n) is 5.95. The topological polar surface area (TPSA) is 45.6 Å². The molecule has 1 aromatic rings. The lowest BCUT2D eigenvalue weighted by molar-refractivity contribution is 0.309. The largest absolute Gasteiger partial charge is 0.494 e. The third-order valence-corrected chi connectivity index (χ3v) is 4.18. The molecule has 0 heterocycles. The Morgan fingerprint density at radius 1 is 1.26 bits per heavy atom. The monoisotopic (exact) mass is 333 g/mol. The standard InChI is InChI=1S/C18H27N3OS/c1-2-3-13-22-17-11-9-15(10-12-17)14-19-21-18(23)20-16-7-5-4-6-8-16/h9-12,14,16H,2-8,13H2,1H3,(H2,20,21,23)/b19-14-. The Kier molecular flexibility index (Phi) is 7.87. The molecular formula is C18H27N3OS. The highest BCUT2D eigenvalue weighted by molar-refractivity contribution is 7.80. The van der Waals surface area contributed by atoms with E-state index in [4.69, 9.17) is 17.0 Å². The fourth-order valence-electron chi connectivity index (χ4n) is 2.61. The molecule has 0 amide bonds. The minimum absolute atomic E-state index is 0.499. The lowest BCUT2D eigenvalue weighted by Gasteiger charge is -2.23. The molecule has 1 fully saturated rings. The summed E-state index contributed by atoms with van der Waals surface area (Å²) in [5.41, 5.74) is 3.91. The molecule has 1 aromatic carbocycles. The van der Waals surface area contributed by atoms with Gasteiger partial charge in [0.1, 0.15) is 5.75 Å². The first-order valence-electron chi connectivity index (χ1n) is 8.60. The molecule has 0 unspecified atom stereocenters. The highest BCUT2D eigenvalue weighted by Gasteiger charge is 2.13. The average molecular weight is 334 g/mol. The van der Waals surface area contributed by atoms with E-state index in [0.29, 0.717) is 11.2 Å². The zero-order chi connectivity index (χ0) is 16.3. The third-order valence-electron chi connectivity index (χ3n) is 3.97. The van der Waals surface area contributed by atoms with Gasteiger partial charge in [-0.15, -0.1) is 0 Å². The maximum atomic E-state index is 5.64. The van der Waals surface area contributed by atoms with Crippen molar-refractivity contribution in [3.63, 3.8) is 0 Å². The highest BCUT2D eigenvalue weighted by atomic mass is 32.1. The summed E-state index contributed by atoms with van der Waals surface area (Å²) in [6.07, 6.45) is 10.3. The van der Waals surface area contributed by atoms with Gasteiger partial charge in [0.05, 0.1) is 12.8 Å². The van der Waals surface area contributed by atoms with E-state index in [2.05, 4.69) is 22.8 Å². The van der Waals surface area contributed by atoms with Gasteiger partial charge in [0.15, 0.2) is 5.11 Å². The lowest BCUT2D eigenvalue weighted by atomic mass is 9.96. The van der Waals surface area contributed by atoms with E-state index in [1.165, 1.54) is 32.1 Å². The molecule has 0 aliphatic heterocycles. The van der Waals surface area contributed by atoms with Gasteiger partial charge in [-0.3, -0.25) is 5.43 Å². The van der Waals surface area contributed by atoms with Gasteiger partial charge in [-0.25, -0.2) is 0 Å². The number of rotatable bonds is 7. The second kappa shape index (κ2) is 10.2. The van der Waals surface area contributed by atoms with E-state index >= 15 is 0 Å². The SMILES string of the molecule is CCCCOc1ccc(/C=N\NC(=S)NC2CCCCC2)cc1. The normalized spacial score (nSPS) is 15.5. The van der Waals surface area contributed by atoms with Crippen LogP contribution in [-0.2, 0) is 0 Å². The molecule has 1 aliphatic carbocycles. The number of thiocarbonyl (C=S) groups is 1. The first-order chi connectivity index (χ1) is 11.3. The Morgan fingerprint density at radius 3 is 2.70 bits per heavy atom. The van der Waals surface area contributed by atoms with Crippen molar-refractivity contribution in [2.75, 3.05) is 6.61 Å². The van der Waals surface area contributed by atoms with Crippen LogP contribution < -0.4 is 15.5 Å². The Morgan fingerprint density at radius 2 is 2.00 bits per heavy atom. The second-order valence-corrected chi connectivity index (χ2v) is 6.36. The van der Waals surface area contributed by atoms with E-state index in [-0.39, 0.29) is 0 Å². The van der Waals surface area contributed by atoms with Crippen molar-refractivity contribution in [2.24, 2.45) is 5.10 Å². The molecule has 0 aromatic heterocycles. The lowest BCUT2D eigenvalue weighted by Crippen LogP contribution is -2.40. The molecule has 1 aliphatic rings. The van der Waals surface area contributed by atoms with Gasteiger partial charge in [-0.1, -0.05) is 32.6 Å². The Hall–Kier alpha value is -1.62. The van der Waals surface area contributed by atoms with E-state index in [0.717, 1.165) is 30.8 Å². The van der Waals surface area contributed by atoms with Crippen LogP contribution in [0.1, 0.15) is 57.4 Å². The number of hydrazone groups is 1. The smallest absolute Gasteiger partial charge is 0.187 e. The van der Waals surface area contributed by atoms with E-state index in [1.807, 2.05) is 24.3 Å². The van der Waals surface area contributed by atoms with Crippen LogP contribution in [0.5, 0.6) is 5.75 Å². The number of benzene rings is 1. The molecule has 0 atom stereocenters. The summed E-state index contributed by atoms with van der Waals surface area (Å²) < 4.78 is 5.64. The number of nitrogens with one attached hydrogen (secondary N) is 2. The van der Waals surface area contributed by atoms with Crippen molar-refractivity contribution in [3.05, 3.63) is 29.8 Å². The molecule has 0 radical (unpaired) electrons. The predicted octanol–water partition coefficient (Wildman–Crippen LogP) is 4.00. The maximum absolute atomic E-state index is 5.64. The molecule has 126 valence electrons.